The predicted octanol–water partition coefficient (Wildman–Crippen LogP) is 2.23. The predicted molar refractivity (Wildman–Crippen MR) is 71.4 cm³/mol. The molecule has 4 heteroatoms. The van der Waals surface area contributed by atoms with Gasteiger partial charge >= 0.3 is 0 Å². The van der Waals surface area contributed by atoms with E-state index in [2.05, 4.69) is 6.07 Å². The number of nitrogens with zero attached hydrogens (tertiary/aromatic N) is 1. The molecule has 0 aliphatic carbocycles. The molecule has 0 fully saturated rings. The third-order valence-electron chi connectivity index (χ3n) is 3.85. The molecule has 3 rings (SSSR count). The van der Waals surface area contributed by atoms with Crippen LogP contribution in [0.4, 0.5) is 0 Å². The van der Waals surface area contributed by atoms with Crippen LogP contribution in [-0.4, -0.2) is 13.2 Å². The summed E-state index contributed by atoms with van der Waals surface area (Å²) in [5, 5.41) is 9.46. The average Bonchev–Trinajstić information content (AvgIpc) is 2.44. The number of fused-ring (bicyclic) bond motifs is 2. The van der Waals surface area contributed by atoms with Crippen molar-refractivity contribution in [3.05, 3.63) is 22.3 Å². The maximum atomic E-state index is 9.46. The molecule has 1 atom stereocenters. The van der Waals surface area contributed by atoms with Crippen molar-refractivity contribution >= 4 is 0 Å². The summed E-state index contributed by atoms with van der Waals surface area (Å²) in [4.78, 5) is 0. The van der Waals surface area contributed by atoms with E-state index in [0.717, 1.165) is 53.9 Å². The molecule has 100 valence electrons. The van der Waals surface area contributed by atoms with Crippen molar-refractivity contribution in [2.75, 3.05) is 13.2 Å². The fourth-order valence-electron chi connectivity index (χ4n) is 3.08. The van der Waals surface area contributed by atoms with Crippen molar-refractivity contribution in [3.63, 3.8) is 0 Å². The van der Waals surface area contributed by atoms with Crippen LogP contribution in [0, 0.1) is 11.3 Å². The van der Waals surface area contributed by atoms with Gasteiger partial charge < -0.3 is 15.2 Å². The minimum absolute atomic E-state index is 0.102. The Labute approximate surface area is 113 Å². The van der Waals surface area contributed by atoms with Crippen molar-refractivity contribution in [2.24, 2.45) is 5.73 Å². The number of ether oxygens (including phenoxy) is 2. The molecule has 2 aliphatic heterocycles. The van der Waals surface area contributed by atoms with E-state index in [1.165, 1.54) is 0 Å². The molecule has 2 N–H and O–H groups in total. The summed E-state index contributed by atoms with van der Waals surface area (Å²) in [6.45, 7) is 3.35. The Bertz CT molecular complexity index is 521. The Morgan fingerprint density at radius 3 is 2.37 bits per heavy atom. The number of hydrogen-bond acceptors (Lipinski definition) is 4. The van der Waals surface area contributed by atoms with E-state index < -0.39 is 0 Å². The summed E-state index contributed by atoms with van der Waals surface area (Å²) in [6, 6.07) is 2.20. The van der Waals surface area contributed by atoms with Gasteiger partial charge in [-0.25, -0.2) is 0 Å². The first-order valence-corrected chi connectivity index (χ1v) is 6.87. The third kappa shape index (κ3) is 1.85. The molecule has 0 spiro atoms. The molecule has 0 amide bonds. The number of nitrogens with two attached hydrogens (primary N) is 1. The summed E-state index contributed by atoms with van der Waals surface area (Å²) >= 11 is 0. The van der Waals surface area contributed by atoms with Gasteiger partial charge in [-0.1, -0.05) is 0 Å². The zero-order chi connectivity index (χ0) is 13.4. The fraction of sp³-hybridized carbons (Fsp3) is 0.533. The molecule has 1 aromatic carbocycles. The summed E-state index contributed by atoms with van der Waals surface area (Å²) in [7, 11) is 0. The fourth-order valence-corrected chi connectivity index (χ4v) is 3.08. The molecule has 1 aromatic rings. The zero-order valence-electron chi connectivity index (χ0n) is 11.2. The van der Waals surface area contributed by atoms with E-state index in [9.17, 15) is 5.26 Å². The lowest BCUT2D eigenvalue weighted by molar-refractivity contribution is 0.267. The number of benzene rings is 1. The van der Waals surface area contributed by atoms with E-state index in [4.69, 9.17) is 15.2 Å². The highest BCUT2D eigenvalue weighted by atomic mass is 16.5. The van der Waals surface area contributed by atoms with Gasteiger partial charge in [-0.15, -0.1) is 0 Å². The van der Waals surface area contributed by atoms with E-state index in [0.29, 0.717) is 18.8 Å². The molecule has 0 bridgehead atoms. The van der Waals surface area contributed by atoms with Crippen molar-refractivity contribution in [1.82, 2.24) is 0 Å². The lowest BCUT2D eigenvalue weighted by atomic mass is 9.86. The molecule has 0 aromatic heterocycles. The lowest BCUT2D eigenvalue weighted by Crippen LogP contribution is -2.22. The Morgan fingerprint density at radius 2 is 1.74 bits per heavy atom. The smallest absolute Gasteiger partial charge is 0.141 e. The quantitative estimate of drug-likeness (QED) is 0.838. The number of rotatable bonds is 1. The first-order chi connectivity index (χ1) is 9.24. The molecule has 1 unspecified atom stereocenters. The molecule has 19 heavy (non-hydrogen) atoms. The lowest BCUT2D eigenvalue weighted by Gasteiger charge is -2.30. The van der Waals surface area contributed by atoms with E-state index in [1.54, 1.807) is 0 Å². The van der Waals surface area contributed by atoms with Gasteiger partial charge in [-0.05, 0) is 32.6 Å². The van der Waals surface area contributed by atoms with Gasteiger partial charge in [0.25, 0.3) is 0 Å². The topological polar surface area (TPSA) is 68.3 Å². The van der Waals surface area contributed by atoms with Crippen LogP contribution in [0.15, 0.2) is 0 Å². The molecule has 0 saturated carbocycles. The van der Waals surface area contributed by atoms with Crippen LogP contribution in [0.2, 0.25) is 0 Å². The molecular weight excluding hydrogens is 240 g/mol. The third-order valence-corrected chi connectivity index (χ3v) is 3.85. The van der Waals surface area contributed by atoms with Gasteiger partial charge in [0.2, 0.25) is 0 Å². The minimum Gasteiger partial charge on any atom is -0.493 e. The highest BCUT2D eigenvalue weighted by Crippen LogP contribution is 2.45. The average molecular weight is 258 g/mol. The molecular formula is C15H18N2O2. The Morgan fingerprint density at radius 1 is 1.11 bits per heavy atom. The summed E-state index contributed by atoms with van der Waals surface area (Å²) < 4.78 is 11.6. The van der Waals surface area contributed by atoms with E-state index in [1.807, 2.05) is 6.92 Å². The summed E-state index contributed by atoms with van der Waals surface area (Å²) in [5.74, 6) is 1.60. The van der Waals surface area contributed by atoms with Crippen LogP contribution in [0.1, 0.15) is 48.1 Å². The maximum Gasteiger partial charge on any atom is 0.141 e. The maximum absolute atomic E-state index is 9.46. The molecule has 2 heterocycles. The SMILES string of the molecule is CC(N)c1c2c(c(C#N)c3c1OCCC3)OCCC2. The number of hydrogen-bond donors (Lipinski definition) is 1. The Kier molecular flexibility index (Phi) is 3.08. The molecule has 2 aliphatic rings. The zero-order valence-corrected chi connectivity index (χ0v) is 11.2. The van der Waals surface area contributed by atoms with Gasteiger partial charge in [0, 0.05) is 22.7 Å². The van der Waals surface area contributed by atoms with Gasteiger partial charge in [-0.3, -0.25) is 0 Å². The van der Waals surface area contributed by atoms with E-state index in [-0.39, 0.29) is 6.04 Å². The van der Waals surface area contributed by atoms with Gasteiger partial charge in [0.1, 0.15) is 23.1 Å². The Hall–Kier alpha value is -1.73. The summed E-state index contributed by atoms with van der Waals surface area (Å²) in [6.07, 6.45) is 3.70. The van der Waals surface area contributed by atoms with Crippen LogP contribution in [0.5, 0.6) is 11.5 Å². The van der Waals surface area contributed by atoms with Gasteiger partial charge in [0.15, 0.2) is 0 Å². The molecule has 4 nitrogen and oxygen atoms in total. The second-order valence-corrected chi connectivity index (χ2v) is 5.21. The highest BCUT2D eigenvalue weighted by Gasteiger charge is 2.30. The van der Waals surface area contributed by atoms with Crippen LogP contribution in [0.25, 0.3) is 0 Å². The van der Waals surface area contributed by atoms with Crippen molar-refractivity contribution < 1.29 is 9.47 Å². The van der Waals surface area contributed by atoms with Crippen LogP contribution in [-0.2, 0) is 12.8 Å². The second kappa shape index (κ2) is 4.75. The van der Waals surface area contributed by atoms with E-state index >= 15 is 0 Å². The van der Waals surface area contributed by atoms with Crippen molar-refractivity contribution in [3.8, 4) is 17.6 Å². The normalized spacial score (nSPS) is 18.4. The first-order valence-electron chi connectivity index (χ1n) is 6.87. The standard InChI is InChI=1S/C15H18N2O2/c1-9(17)13-11-5-3-6-18-14(11)12(8-16)10-4-2-7-19-15(10)13/h9H,2-7,17H2,1H3. The molecule has 0 saturated heterocycles. The Balaban J connectivity index is 2.32. The van der Waals surface area contributed by atoms with Crippen LogP contribution in [0.3, 0.4) is 0 Å². The van der Waals surface area contributed by atoms with Crippen molar-refractivity contribution in [1.29, 1.82) is 5.26 Å². The highest BCUT2D eigenvalue weighted by molar-refractivity contribution is 5.65. The van der Waals surface area contributed by atoms with Crippen molar-refractivity contribution in [2.45, 2.75) is 38.6 Å². The van der Waals surface area contributed by atoms with Gasteiger partial charge in [0.05, 0.1) is 13.2 Å². The monoisotopic (exact) mass is 258 g/mol. The van der Waals surface area contributed by atoms with Crippen LogP contribution < -0.4 is 15.2 Å². The van der Waals surface area contributed by atoms with Gasteiger partial charge in [-0.2, -0.15) is 5.26 Å². The molecule has 0 radical (unpaired) electrons. The summed E-state index contributed by atoms with van der Waals surface area (Å²) in [5.41, 5.74) is 9.91. The first kappa shape index (κ1) is 12.3. The van der Waals surface area contributed by atoms with Crippen LogP contribution >= 0.6 is 0 Å². The minimum atomic E-state index is -0.102. The largest absolute Gasteiger partial charge is 0.493 e. The second-order valence-electron chi connectivity index (χ2n) is 5.21. The number of nitriles is 1.